The fourth-order valence-corrected chi connectivity index (χ4v) is 2.23. The summed E-state index contributed by atoms with van der Waals surface area (Å²) in [6, 6.07) is 19.6. The molecule has 1 N–H and O–H groups in total. The summed E-state index contributed by atoms with van der Waals surface area (Å²) in [7, 11) is 1.64. The molecule has 120 valence electrons. The maximum absolute atomic E-state index is 5.13. The highest BCUT2D eigenvalue weighted by molar-refractivity contribution is 5.80. The minimum Gasteiger partial charge on any atom is -0.497 e. The Morgan fingerprint density at radius 2 is 1.75 bits per heavy atom. The Kier molecular flexibility index (Phi) is 4.81. The topological polar surface area (TPSA) is 59.4 Å². The van der Waals surface area contributed by atoms with Crippen LogP contribution in [0.1, 0.15) is 11.3 Å². The molecule has 0 aliphatic rings. The lowest BCUT2D eigenvalue weighted by atomic mass is 10.1. The molecule has 3 rings (SSSR count). The molecule has 5 heteroatoms. The van der Waals surface area contributed by atoms with Crippen molar-refractivity contribution in [3.8, 4) is 17.0 Å². The molecule has 0 aliphatic heterocycles. The van der Waals surface area contributed by atoms with E-state index < -0.39 is 0 Å². The van der Waals surface area contributed by atoms with Crippen molar-refractivity contribution >= 4 is 12.2 Å². The molecule has 0 spiro atoms. The highest BCUT2D eigenvalue weighted by Crippen LogP contribution is 2.18. The average molecular weight is 318 g/mol. The van der Waals surface area contributed by atoms with E-state index in [-0.39, 0.29) is 0 Å². The third-order valence-electron chi connectivity index (χ3n) is 3.42. The van der Waals surface area contributed by atoms with E-state index in [1.807, 2.05) is 67.6 Å². The molecule has 0 unspecified atom stereocenters. The number of anilines is 1. The first kappa shape index (κ1) is 15.7. The quantitative estimate of drug-likeness (QED) is 0.572. The summed E-state index contributed by atoms with van der Waals surface area (Å²) in [5.41, 5.74) is 6.64. The molecule has 0 atom stereocenters. The van der Waals surface area contributed by atoms with Crippen molar-refractivity contribution in [2.24, 2.45) is 5.10 Å². The van der Waals surface area contributed by atoms with Crippen molar-refractivity contribution in [1.29, 1.82) is 0 Å². The van der Waals surface area contributed by atoms with E-state index in [4.69, 9.17) is 4.74 Å². The van der Waals surface area contributed by atoms with Gasteiger partial charge in [0.25, 0.3) is 0 Å². The Bertz CT molecular complexity index is 830. The van der Waals surface area contributed by atoms with Gasteiger partial charge in [0.1, 0.15) is 5.75 Å². The number of benzene rings is 2. The van der Waals surface area contributed by atoms with Crippen LogP contribution in [0.5, 0.6) is 5.75 Å². The highest BCUT2D eigenvalue weighted by Gasteiger charge is 2.03. The summed E-state index contributed by atoms with van der Waals surface area (Å²) in [6.45, 7) is 1.94. The number of hydrogen-bond acceptors (Lipinski definition) is 5. The van der Waals surface area contributed by atoms with E-state index >= 15 is 0 Å². The Morgan fingerprint density at radius 3 is 2.46 bits per heavy atom. The van der Waals surface area contributed by atoms with E-state index in [1.54, 1.807) is 13.3 Å². The van der Waals surface area contributed by atoms with Crippen molar-refractivity contribution in [2.75, 3.05) is 12.5 Å². The van der Waals surface area contributed by atoms with Gasteiger partial charge in [-0.25, -0.2) is 15.4 Å². The number of nitrogens with zero attached hydrogens (tertiary/aromatic N) is 3. The van der Waals surface area contributed by atoms with Gasteiger partial charge in [-0.3, -0.25) is 0 Å². The second-order valence-corrected chi connectivity index (χ2v) is 5.23. The van der Waals surface area contributed by atoms with Gasteiger partial charge in [-0.15, -0.1) is 0 Å². The smallest absolute Gasteiger partial charge is 0.244 e. The SMILES string of the molecule is COc1ccc(/C=N/Nc2nc(C)cc(-c3ccccc3)n2)cc1. The number of aryl methyl sites for hydroxylation is 1. The van der Waals surface area contributed by atoms with Crippen molar-refractivity contribution in [3.63, 3.8) is 0 Å². The first-order valence-corrected chi connectivity index (χ1v) is 7.59. The molecule has 0 bridgehead atoms. The van der Waals surface area contributed by atoms with Crippen molar-refractivity contribution in [3.05, 3.63) is 71.9 Å². The molecule has 2 aromatic carbocycles. The maximum atomic E-state index is 5.13. The van der Waals surface area contributed by atoms with E-state index in [9.17, 15) is 0 Å². The monoisotopic (exact) mass is 318 g/mol. The van der Waals surface area contributed by atoms with Crippen molar-refractivity contribution < 1.29 is 4.74 Å². The second-order valence-electron chi connectivity index (χ2n) is 5.23. The Hall–Kier alpha value is -3.21. The van der Waals surface area contributed by atoms with Crippen LogP contribution in [0.2, 0.25) is 0 Å². The summed E-state index contributed by atoms with van der Waals surface area (Å²) in [5.74, 6) is 1.29. The Morgan fingerprint density at radius 1 is 1.00 bits per heavy atom. The van der Waals surface area contributed by atoms with Crippen LogP contribution >= 0.6 is 0 Å². The summed E-state index contributed by atoms with van der Waals surface area (Å²) >= 11 is 0. The number of rotatable bonds is 5. The summed E-state index contributed by atoms with van der Waals surface area (Å²) in [5, 5.41) is 4.20. The van der Waals surface area contributed by atoms with Gasteiger partial charge in [-0.1, -0.05) is 30.3 Å². The van der Waals surface area contributed by atoms with Crippen LogP contribution in [0.4, 0.5) is 5.95 Å². The number of hydrazone groups is 1. The van der Waals surface area contributed by atoms with Crippen molar-refractivity contribution in [2.45, 2.75) is 6.92 Å². The summed E-state index contributed by atoms with van der Waals surface area (Å²) < 4.78 is 5.13. The summed E-state index contributed by atoms with van der Waals surface area (Å²) in [6.07, 6.45) is 1.72. The second kappa shape index (κ2) is 7.37. The standard InChI is InChI=1S/C19H18N4O/c1-14-12-18(16-6-4-3-5-7-16)22-19(21-14)23-20-13-15-8-10-17(24-2)11-9-15/h3-13H,1-2H3,(H,21,22,23)/b20-13+. The van der Waals surface area contributed by atoms with Crippen LogP contribution < -0.4 is 10.2 Å². The van der Waals surface area contributed by atoms with Gasteiger partial charge in [-0.2, -0.15) is 5.10 Å². The number of methoxy groups -OCH3 is 1. The van der Waals surface area contributed by atoms with Crippen LogP contribution in [0, 0.1) is 6.92 Å². The normalized spacial score (nSPS) is 10.8. The van der Waals surface area contributed by atoms with E-state index in [0.29, 0.717) is 5.95 Å². The number of aromatic nitrogens is 2. The van der Waals surface area contributed by atoms with E-state index in [0.717, 1.165) is 28.3 Å². The van der Waals surface area contributed by atoms with Crippen LogP contribution in [0.15, 0.2) is 65.8 Å². The zero-order chi connectivity index (χ0) is 16.8. The molecule has 0 radical (unpaired) electrons. The first-order chi connectivity index (χ1) is 11.7. The number of hydrogen-bond donors (Lipinski definition) is 1. The fraction of sp³-hybridized carbons (Fsp3) is 0.105. The molecule has 1 heterocycles. The minimum atomic E-state index is 0.471. The largest absolute Gasteiger partial charge is 0.497 e. The average Bonchev–Trinajstić information content (AvgIpc) is 2.63. The molecule has 24 heavy (non-hydrogen) atoms. The predicted molar refractivity (Wildman–Crippen MR) is 96.4 cm³/mol. The van der Waals surface area contributed by atoms with Gasteiger partial charge in [0, 0.05) is 11.3 Å². The lowest BCUT2D eigenvalue weighted by Crippen LogP contribution is -2.00. The van der Waals surface area contributed by atoms with Gasteiger partial charge < -0.3 is 4.74 Å². The molecule has 0 aliphatic carbocycles. The molecule has 0 saturated heterocycles. The van der Waals surface area contributed by atoms with Gasteiger partial charge in [-0.05, 0) is 42.8 Å². The lowest BCUT2D eigenvalue weighted by molar-refractivity contribution is 0.415. The minimum absolute atomic E-state index is 0.471. The van der Waals surface area contributed by atoms with E-state index in [2.05, 4.69) is 20.5 Å². The summed E-state index contributed by atoms with van der Waals surface area (Å²) in [4.78, 5) is 8.87. The molecule has 5 nitrogen and oxygen atoms in total. The van der Waals surface area contributed by atoms with Gasteiger partial charge in [0.05, 0.1) is 19.0 Å². The predicted octanol–water partition coefficient (Wildman–Crippen LogP) is 3.91. The first-order valence-electron chi connectivity index (χ1n) is 7.59. The highest BCUT2D eigenvalue weighted by atomic mass is 16.5. The van der Waals surface area contributed by atoms with Crippen LogP contribution in [-0.2, 0) is 0 Å². The molecule has 3 aromatic rings. The van der Waals surface area contributed by atoms with Gasteiger partial charge >= 0.3 is 0 Å². The fourth-order valence-electron chi connectivity index (χ4n) is 2.23. The third kappa shape index (κ3) is 3.95. The lowest BCUT2D eigenvalue weighted by Gasteiger charge is -2.05. The van der Waals surface area contributed by atoms with Gasteiger partial charge in [0.15, 0.2) is 0 Å². The molecule has 0 fully saturated rings. The zero-order valence-electron chi connectivity index (χ0n) is 13.6. The molecule has 0 saturated carbocycles. The van der Waals surface area contributed by atoms with E-state index in [1.165, 1.54) is 0 Å². The molecule has 0 amide bonds. The maximum Gasteiger partial charge on any atom is 0.244 e. The van der Waals surface area contributed by atoms with Gasteiger partial charge in [0.2, 0.25) is 5.95 Å². The Balaban J connectivity index is 1.75. The van der Waals surface area contributed by atoms with Crippen LogP contribution in [-0.4, -0.2) is 23.3 Å². The van der Waals surface area contributed by atoms with Crippen LogP contribution in [0.3, 0.4) is 0 Å². The zero-order valence-corrected chi connectivity index (χ0v) is 13.6. The van der Waals surface area contributed by atoms with Crippen molar-refractivity contribution in [1.82, 2.24) is 9.97 Å². The molecular weight excluding hydrogens is 300 g/mol. The Labute approximate surface area is 141 Å². The molecular formula is C19H18N4O. The number of nitrogens with one attached hydrogen (secondary N) is 1. The van der Waals surface area contributed by atoms with Crippen LogP contribution in [0.25, 0.3) is 11.3 Å². The molecule has 1 aromatic heterocycles. The number of ether oxygens (including phenoxy) is 1. The third-order valence-corrected chi connectivity index (χ3v) is 3.42.